The van der Waals surface area contributed by atoms with E-state index < -0.39 is 18.0 Å². The maximum absolute atomic E-state index is 12.0. The van der Waals surface area contributed by atoms with Crippen molar-refractivity contribution in [3.63, 3.8) is 0 Å². The zero-order valence-electron chi connectivity index (χ0n) is 23.4. The molecule has 0 spiro atoms. The Kier molecular flexibility index (Phi) is 14.0. The van der Waals surface area contributed by atoms with Crippen LogP contribution in [0.2, 0.25) is 0 Å². The van der Waals surface area contributed by atoms with Gasteiger partial charge in [0.2, 0.25) is 11.8 Å². The quantitative estimate of drug-likeness (QED) is 0.183. The van der Waals surface area contributed by atoms with Crippen LogP contribution in [-0.2, 0) is 25.6 Å². The van der Waals surface area contributed by atoms with Crippen molar-refractivity contribution in [2.75, 3.05) is 11.4 Å². The molecule has 2 aromatic carbocycles. The molecule has 2 amide bonds. The van der Waals surface area contributed by atoms with Crippen molar-refractivity contribution in [3.8, 4) is 0 Å². The number of carboxylic acid groups (broad SMARTS) is 2. The first kappa shape index (κ1) is 32.1. The van der Waals surface area contributed by atoms with Crippen LogP contribution in [0.1, 0.15) is 70.8 Å². The third kappa shape index (κ3) is 10.9. The van der Waals surface area contributed by atoms with Crippen molar-refractivity contribution in [1.82, 2.24) is 10.3 Å². The molecule has 0 aliphatic carbocycles. The normalized spacial score (nSPS) is 11.2. The zero-order valence-corrected chi connectivity index (χ0v) is 23.4. The summed E-state index contributed by atoms with van der Waals surface area (Å²) >= 11 is 0. The Hall–Kier alpha value is -4.14. The average molecular weight is 552 g/mol. The first-order chi connectivity index (χ1) is 19.3. The van der Waals surface area contributed by atoms with Gasteiger partial charge in [0.1, 0.15) is 12.6 Å². The van der Waals surface area contributed by atoms with Crippen molar-refractivity contribution in [2.24, 2.45) is 0 Å². The van der Waals surface area contributed by atoms with Gasteiger partial charge in [0.15, 0.2) is 0 Å². The van der Waals surface area contributed by atoms with E-state index in [1.807, 2.05) is 36.5 Å². The number of H-pyrrole nitrogens is 1. The van der Waals surface area contributed by atoms with E-state index >= 15 is 0 Å². The van der Waals surface area contributed by atoms with Gasteiger partial charge in [-0.25, -0.2) is 4.79 Å². The molecule has 0 bridgehead atoms. The number of rotatable bonds is 15. The molecule has 0 fully saturated rings. The number of aromatic amines is 1. The van der Waals surface area contributed by atoms with Gasteiger partial charge in [0.05, 0.1) is 0 Å². The topological polar surface area (TPSA) is 140 Å². The number of amides is 2. The number of para-hydroxylation sites is 2. The molecule has 1 aromatic heterocycles. The van der Waals surface area contributed by atoms with Crippen molar-refractivity contribution < 1.29 is 29.4 Å². The van der Waals surface area contributed by atoms with Gasteiger partial charge in [-0.3, -0.25) is 14.4 Å². The standard InChI is InChI=1S/C17H22N2O3.C14H19NO3/c1-2-3-4-9-16(20)19-15(17(21)22)10-12-11-18-14-8-6-5-7-13(12)14;1-2-3-5-10-13(16)15(11-14(17)18)12-8-6-4-7-9-12/h5-8,11,15,18H,2-4,9-10H2,1H3,(H,19,20)(H,21,22);4,6-9H,2-3,5,10-11H2,1H3,(H,17,18). The highest BCUT2D eigenvalue weighted by Crippen LogP contribution is 2.19. The van der Waals surface area contributed by atoms with E-state index in [4.69, 9.17) is 5.11 Å². The molecule has 0 saturated heterocycles. The molecule has 3 rings (SSSR count). The van der Waals surface area contributed by atoms with Crippen LogP contribution in [-0.4, -0.2) is 51.5 Å². The van der Waals surface area contributed by atoms with Gasteiger partial charge >= 0.3 is 11.9 Å². The second kappa shape index (κ2) is 17.4. The van der Waals surface area contributed by atoms with E-state index in [-0.39, 0.29) is 24.8 Å². The number of nitrogens with zero attached hydrogens (tertiary/aromatic N) is 1. The van der Waals surface area contributed by atoms with E-state index in [1.54, 1.807) is 24.3 Å². The molecule has 1 unspecified atom stereocenters. The predicted octanol–water partition coefficient (Wildman–Crippen LogP) is 5.54. The van der Waals surface area contributed by atoms with Crippen LogP contribution in [0.3, 0.4) is 0 Å². The highest BCUT2D eigenvalue weighted by atomic mass is 16.4. The Morgan fingerprint density at radius 1 is 0.850 bits per heavy atom. The number of benzene rings is 2. The van der Waals surface area contributed by atoms with Crippen LogP contribution in [0, 0.1) is 0 Å². The van der Waals surface area contributed by atoms with Crippen LogP contribution in [0.5, 0.6) is 0 Å². The van der Waals surface area contributed by atoms with Crippen molar-refractivity contribution in [1.29, 1.82) is 0 Å². The fraction of sp³-hybridized carbons (Fsp3) is 0.419. The number of carbonyl (C=O) groups is 4. The van der Waals surface area contributed by atoms with E-state index in [2.05, 4.69) is 24.1 Å². The Morgan fingerprint density at radius 2 is 1.48 bits per heavy atom. The number of aromatic nitrogens is 1. The second-order valence-electron chi connectivity index (χ2n) is 9.65. The van der Waals surface area contributed by atoms with Crippen molar-refractivity contribution in [3.05, 3.63) is 66.4 Å². The first-order valence-corrected chi connectivity index (χ1v) is 13.9. The van der Waals surface area contributed by atoms with Gasteiger partial charge in [-0.1, -0.05) is 75.9 Å². The van der Waals surface area contributed by atoms with E-state index in [1.165, 1.54) is 4.90 Å². The molecule has 0 saturated carbocycles. The molecule has 4 N–H and O–H groups in total. The number of fused-ring (bicyclic) bond motifs is 1. The van der Waals surface area contributed by atoms with E-state index in [0.717, 1.165) is 55.0 Å². The number of nitrogens with one attached hydrogen (secondary N) is 2. The molecule has 9 heteroatoms. The predicted molar refractivity (Wildman–Crippen MR) is 156 cm³/mol. The summed E-state index contributed by atoms with van der Waals surface area (Å²) in [6.45, 7) is 3.85. The maximum Gasteiger partial charge on any atom is 0.326 e. The lowest BCUT2D eigenvalue weighted by Crippen LogP contribution is -2.42. The van der Waals surface area contributed by atoms with Crippen LogP contribution >= 0.6 is 0 Å². The van der Waals surface area contributed by atoms with Gasteiger partial charge in [-0.15, -0.1) is 0 Å². The monoisotopic (exact) mass is 551 g/mol. The van der Waals surface area contributed by atoms with Crippen LogP contribution in [0.15, 0.2) is 60.8 Å². The molecule has 0 aliphatic heterocycles. The van der Waals surface area contributed by atoms with E-state index in [0.29, 0.717) is 18.5 Å². The molecule has 216 valence electrons. The summed E-state index contributed by atoms with van der Waals surface area (Å²) in [5.74, 6) is -2.32. The van der Waals surface area contributed by atoms with Gasteiger partial charge < -0.3 is 25.4 Å². The lowest BCUT2D eigenvalue weighted by atomic mass is 10.0. The highest BCUT2D eigenvalue weighted by Gasteiger charge is 2.21. The summed E-state index contributed by atoms with van der Waals surface area (Å²) < 4.78 is 0. The fourth-order valence-electron chi connectivity index (χ4n) is 4.25. The number of anilines is 1. The summed E-state index contributed by atoms with van der Waals surface area (Å²) in [5, 5.41) is 21.8. The number of hydrogen-bond donors (Lipinski definition) is 4. The summed E-state index contributed by atoms with van der Waals surface area (Å²) in [5.41, 5.74) is 2.51. The SMILES string of the molecule is CCCCCC(=O)N(CC(=O)O)c1ccccc1.CCCCCC(=O)NC(Cc1c[nH]c2ccccc12)C(=O)O. The van der Waals surface area contributed by atoms with E-state index in [9.17, 15) is 24.3 Å². The zero-order chi connectivity index (χ0) is 29.3. The molecule has 3 aromatic rings. The van der Waals surface area contributed by atoms with Gasteiger partial charge in [0.25, 0.3) is 0 Å². The molecule has 0 radical (unpaired) electrons. The molecule has 1 atom stereocenters. The Bertz CT molecular complexity index is 1220. The molecular weight excluding hydrogens is 510 g/mol. The number of carbonyl (C=O) groups excluding carboxylic acids is 2. The summed E-state index contributed by atoms with van der Waals surface area (Å²) in [4.78, 5) is 50.5. The van der Waals surface area contributed by atoms with Gasteiger partial charge in [-0.05, 0) is 36.6 Å². The average Bonchev–Trinajstić information content (AvgIpc) is 3.35. The lowest BCUT2D eigenvalue weighted by Gasteiger charge is -2.20. The summed E-state index contributed by atoms with van der Waals surface area (Å²) in [6.07, 6.45) is 8.50. The number of aliphatic carboxylic acids is 2. The third-order valence-corrected chi connectivity index (χ3v) is 6.40. The lowest BCUT2D eigenvalue weighted by molar-refractivity contribution is -0.141. The minimum atomic E-state index is -1.01. The fourth-order valence-corrected chi connectivity index (χ4v) is 4.25. The molecule has 0 aliphatic rings. The van der Waals surface area contributed by atoms with Gasteiger partial charge in [0, 0.05) is 42.0 Å². The Labute approximate surface area is 235 Å². The molecule has 40 heavy (non-hydrogen) atoms. The number of carboxylic acids is 2. The molecule has 1 heterocycles. The Balaban J connectivity index is 0.000000286. The maximum atomic E-state index is 12.0. The first-order valence-electron chi connectivity index (χ1n) is 13.9. The summed E-state index contributed by atoms with van der Waals surface area (Å²) in [6, 6.07) is 15.8. The summed E-state index contributed by atoms with van der Waals surface area (Å²) in [7, 11) is 0. The minimum absolute atomic E-state index is 0.128. The largest absolute Gasteiger partial charge is 0.480 e. The number of hydrogen-bond acceptors (Lipinski definition) is 4. The van der Waals surface area contributed by atoms with Crippen molar-refractivity contribution in [2.45, 2.75) is 77.7 Å². The molecule has 9 nitrogen and oxygen atoms in total. The van der Waals surface area contributed by atoms with Crippen molar-refractivity contribution >= 4 is 40.3 Å². The Morgan fingerprint density at radius 3 is 2.10 bits per heavy atom. The minimum Gasteiger partial charge on any atom is -0.480 e. The van der Waals surface area contributed by atoms with Gasteiger partial charge in [-0.2, -0.15) is 0 Å². The highest BCUT2D eigenvalue weighted by molar-refractivity contribution is 5.97. The smallest absolute Gasteiger partial charge is 0.326 e. The second-order valence-corrected chi connectivity index (χ2v) is 9.65. The van der Waals surface area contributed by atoms with Crippen LogP contribution < -0.4 is 10.2 Å². The number of unbranched alkanes of at least 4 members (excludes halogenated alkanes) is 4. The third-order valence-electron chi connectivity index (χ3n) is 6.40. The van der Waals surface area contributed by atoms with Crippen LogP contribution in [0.25, 0.3) is 10.9 Å². The molecular formula is C31H41N3O6. The van der Waals surface area contributed by atoms with Crippen LogP contribution in [0.4, 0.5) is 5.69 Å².